The van der Waals surface area contributed by atoms with Crippen LogP contribution in [0.2, 0.25) is 0 Å². The van der Waals surface area contributed by atoms with E-state index in [-0.39, 0.29) is 11.9 Å². The molecule has 4 rings (SSSR count). The summed E-state index contributed by atoms with van der Waals surface area (Å²) in [6, 6.07) is 13.6. The SMILES string of the molecule is CC(C)n1nccc1C(=O)N(Cc1cccnc1)c1nc2ccccc2s1. The summed E-state index contributed by atoms with van der Waals surface area (Å²) >= 11 is 1.51. The van der Waals surface area contributed by atoms with Crippen LogP contribution in [0.15, 0.2) is 61.1 Å². The first kappa shape index (κ1) is 17.4. The first-order chi connectivity index (χ1) is 13.1. The highest BCUT2D eigenvalue weighted by molar-refractivity contribution is 7.22. The number of hydrogen-bond acceptors (Lipinski definition) is 5. The van der Waals surface area contributed by atoms with Gasteiger partial charge in [-0.15, -0.1) is 0 Å². The normalized spacial score (nSPS) is 11.2. The maximum absolute atomic E-state index is 13.4. The number of carbonyl (C=O) groups is 1. The molecule has 27 heavy (non-hydrogen) atoms. The fraction of sp³-hybridized carbons (Fsp3) is 0.200. The summed E-state index contributed by atoms with van der Waals surface area (Å²) in [4.78, 5) is 24.0. The van der Waals surface area contributed by atoms with E-state index in [9.17, 15) is 4.79 Å². The van der Waals surface area contributed by atoms with Gasteiger partial charge in [0.25, 0.3) is 5.91 Å². The fourth-order valence-corrected chi connectivity index (χ4v) is 3.87. The molecular formula is C20H19N5OS. The number of carbonyl (C=O) groups excluding carboxylic acids is 1. The molecule has 6 nitrogen and oxygen atoms in total. The highest BCUT2D eigenvalue weighted by atomic mass is 32.1. The Balaban J connectivity index is 1.77. The van der Waals surface area contributed by atoms with Gasteiger partial charge in [0.1, 0.15) is 5.69 Å². The van der Waals surface area contributed by atoms with Gasteiger partial charge in [0.2, 0.25) is 0 Å². The molecule has 3 heterocycles. The third-order valence-electron chi connectivity index (χ3n) is 4.20. The summed E-state index contributed by atoms with van der Waals surface area (Å²) in [5.74, 6) is -0.121. The van der Waals surface area contributed by atoms with Gasteiger partial charge in [-0.05, 0) is 43.7 Å². The zero-order valence-corrected chi connectivity index (χ0v) is 15.9. The fourth-order valence-electron chi connectivity index (χ4n) is 2.91. The molecule has 0 spiro atoms. The number of benzene rings is 1. The number of anilines is 1. The lowest BCUT2D eigenvalue weighted by Crippen LogP contribution is -2.32. The van der Waals surface area contributed by atoms with Crippen molar-refractivity contribution in [3.8, 4) is 0 Å². The van der Waals surface area contributed by atoms with Gasteiger partial charge in [0, 0.05) is 24.6 Å². The molecular weight excluding hydrogens is 358 g/mol. The number of para-hydroxylation sites is 1. The Hall–Kier alpha value is -3.06. The molecule has 3 aromatic heterocycles. The maximum Gasteiger partial charge on any atom is 0.278 e. The molecule has 136 valence electrons. The number of fused-ring (bicyclic) bond motifs is 1. The second-order valence-corrected chi connectivity index (χ2v) is 7.48. The van der Waals surface area contributed by atoms with Gasteiger partial charge in [-0.1, -0.05) is 29.5 Å². The van der Waals surface area contributed by atoms with E-state index in [1.165, 1.54) is 11.3 Å². The van der Waals surface area contributed by atoms with Crippen molar-refractivity contribution in [1.82, 2.24) is 19.7 Å². The van der Waals surface area contributed by atoms with E-state index < -0.39 is 0 Å². The largest absolute Gasteiger partial charge is 0.278 e. The lowest BCUT2D eigenvalue weighted by atomic mass is 10.2. The molecule has 1 amide bonds. The van der Waals surface area contributed by atoms with Crippen molar-refractivity contribution in [1.29, 1.82) is 0 Å². The van der Waals surface area contributed by atoms with E-state index in [4.69, 9.17) is 0 Å². The van der Waals surface area contributed by atoms with Gasteiger partial charge in [-0.3, -0.25) is 19.4 Å². The van der Waals surface area contributed by atoms with Crippen molar-refractivity contribution >= 4 is 32.6 Å². The number of thiazole rings is 1. The van der Waals surface area contributed by atoms with Gasteiger partial charge < -0.3 is 0 Å². The Morgan fingerprint density at radius 3 is 2.74 bits per heavy atom. The van der Waals surface area contributed by atoms with Crippen LogP contribution >= 0.6 is 11.3 Å². The van der Waals surface area contributed by atoms with Crippen molar-refractivity contribution in [3.63, 3.8) is 0 Å². The van der Waals surface area contributed by atoms with E-state index in [1.807, 2.05) is 50.2 Å². The number of rotatable bonds is 5. The molecule has 0 saturated carbocycles. The van der Waals surface area contributed by atoms with Crippen LogP contribution in [0.5, 0.6) is 0 Å². The molecule has 0 N–H and O–H groups in total. The zero-order chi connectivity index (χ0) is 18.8. The lowest BCUT2D eigenvalue weighted by Gasteiger charge is -2.21. The molecule has 0 aliphatic heterocycles. The van der Waals surface area contributed by atoms with Gasteiger partial charge in [-0.2, -0.15) is 5.10 Å². The van der Waals surface area contributed by atoms with Crippen molar-refractivity contribution in [2.75, 3.05) is 4.90 Å². The molecule has 0 unspecified atom stereocenters. The molecule has 1 aromatic carbocycles. The van der Waals surface area contributed by atoms with Crippen LogP contribution in [0.4, 0.5) is 5.13 Å². The van der Waals surface area contributed by atoms with Gasteiger partial charge in [0.15, 0.2) is 5.13 Å². The predicted octanol–water partition coefficient (Wildman–Crippen LogP) is 4.32. The van der Waals surface area contributed by atoms with Crippen LogP contribution in [0.1, 0.15) is 35.9 Å². The maximum atomic E-state index is 13.4. The highest BCUT2D eigenvalue weighted by Gasteiger charge is 2.25. The third-order valence-corrected chi connectivity index (χ3v) is 5.26. The predicted molar refractivity (Wildman–Crippen MR) is 107 cm³/mol. The molecule has 0 atom stereocenters. The smallest absolute Gasteiger partial charge is 0.278 e. The van der Waals surface area contributed by atoms with E-state index in [2.05, 4.69) is 15.1 Å². The van der Waals surface area contributed by atoms with Gasteiger partial charge in [0.05, 0.1) is 16.8 Å². The quantitative estimate of drug-likeness (QED) is 0.520. The number of nitrogens with zero attached hydrogens (tertiary/aromatic N) is 5. The highest BCUT2D eigenvalue weighted by Crippen LogP contribution is 2.30. The Morgan fingerprint density at radius 2 is 2.00 bits per heavy atom. The summed E-state index contributed by atoms with van der Waals surface area (Å²) in [7, 11) is 0. The van der Waals surface area contributed by atoms with Crippen molar-refractivity contribution in [3.05, 3.63) is 72.3 Å². The average molecular weight is 377 g/mol. The zero-order valence-electron chi connectivity index (χ0n) is 15.1. The van der Waals surface area contributed by atoms with Crippen molar-refractivity contribution in [2.24, 2.45) is 0 Å². The van der Waals surface area contributed by atoms with Crippen LogP contribution < -0.4 is 4.90 Å². The number of pyridine rings is 1. The first-order valence-corrected chi connectivity index (χ1v) is 9.55. The average Bonchev–Trinajstić information content (AvgIpc) is 3.33. The van der Waals surface area contributed by atoms with Crippen LogP contribution in [-0.4, -0.2) is 25.7 Å². The summed E-state index contributed by atoms with van der Waals surface area (Å²) < 4.78 is 2.79. The van der Waals surface area contributed by atoms with Crippen molar-refractivity contribution < 1.29 is 4.79 Å². The Bertz CT molecular complexity index is 1040. The molecule has 0 fully saturated rings. The minimum Gasteiger partial charge on any atom is -0.278 e. The minimum atomic E-state index is -0.121. The van der Waals surface area contributed by atoms with E-state index >= 15 is 0 Å². The van der Waals surface area contributed by atoms with Gasteiger partial charge in [-0.25, -0.2) is 4.98 Å². The molecule has 0 bridgehead atoms. The summed E-state index contributed by atoms with van der Waals surface area (Å²) in [6.07, 6.45) is 5.16. The monoisotopic (exact) mass is 377 g/mol. The second kappa shape index (κ2) is 7.28. The van der Waals surface area contributed by atoms with E-state index in [0.717, 1.165) is 15.8 Å². The molecule has 0 radical (unpaired) electrons. The van der Waals surface area contributed by atoms with Gasteiger partial charge >= 0.3 is 0 Å². The van der Waals surface area contributed by atoms with Crippen LogP contribution in [0, 0.1) is 0 Å². The number of amides is 1. The van der Waals surface area contributed by atoms with Crippen molar-refractivity contribution in [2.45, 2.75) is 26.4 Å². The topological polar surface area (TPSA) is 63.9 Å². The van der Waals surface area contributed by atoms with Crippen LogP contribution in [0.25, 0.3) is 10.2 Å². The Morgan fingerprint density at radius 1 is 1.15 bits per heavy atom. The van der Waals surface area contributed by atoms with E-state index in [0.29, 0.717) is 17.4 Å². The van der Waals surface area contributed by atoms with Crippen LogP contribution in [0.3, 0.4) is 0 Å². The number of hydrogen-bond donors (Lipinski definition) is 0. The second-order valence-electron chi connectivity index (χ2n) is 6.47. The summed E-state index contributed by atoms with van der Waals surface area (Å²) in [5.41, 5.74) is 2.38. The molecule has 4 aromatic rings. The molecule has 0 aliphatic carbocycles. The lowest BCUT2D eigenvalue weighted by molar-refractivity contribution is 0.0973. The van der Waals surface area contributed by atoms with E-state index in [1.54, 1.807) is 34.2 Å². The Kier molecular flexibility index (Phi) is 4.68. The third kappa shape index (κ3) is 3.46. The molecule has 7 heteroatoms. The van der Waals surface area contributed by atoms with Crippen LogP contribution in [-0.2, 0) is 6.54 Å². The first-order valence-electron chi connectivity index (χ1n) is 8.73. The molecule has 0 aliphatic rings. The molecule has 0 saturated heterocycles. The number of aromatic nitrogens is 4. The standard InChI is InChI=1S/C20H19N5OS/c1-14(2)25-17(9-11-22-25)19(26)24(13-15-6-5-10-21-12-15)20-23-16-7-3-4-8-18(16)27-20/h3-12,14H,13H2,1-2H3. The summed E-state index contributed by atoms with van der Waals surface area (Å²) in [6.45, 7) is 4.41. The minimum absolute atomic E-state index is 0.0922. The Labute approximate surface area is 161 Å². The summed E-state index contributed by atoms with van der Waals surface area (Å²) in [5, 5.41) is 4.97.